The molecule has 0 aromatic rings. The van der Waals surface area contributed by atoms with E-state index in [0.29, 0.717) is 12.0 Å². The summed E-state index contributed by atoms with van der Waals surface area (Å²) in [6, 6.07) is 0. The van der Waals surface area contributed by atoms with Gasteiger partial charge in [0.1, 0.15) is 17.8 Å². The van der Waals surface area contributed by atoms with Gasteiger partial charge in [-0.2, -0.15) is 0 Å². The van der Waals surface area contributed by atoms with Crippen molar-refractivity contribution in [3.8, 4) is 0 Å². The highest BCUT2D eigenvalue weighted by molar-refractivity contribution is 6.05. The Hall–Kier alpha value is -2.11. The highest BCUT2D eigenvalue weighted by atomic mass is 16.6. The maximum absolute atomic E-state index is 13.4. The summed E-state index contributed by atoms with van der Waals surface area (Å²) in [5, 5.41) is 46.8. The maximum atomic E-state index is 13.4. The van der Waals surface area contributed by atoms with Crippen LogP contribution in [0.5, 0.6) is 0 Å². The van der Waals surface area contributed by atoms with Crippen molar-refractivity contribution in [3.63, 3.8) is 0 Å². The Balaban J connectivity index is 1.74. The van der Waals surface area contributed by atoms with E-state index in [1.807, 2.05) is 20.8 Å². The molecule has 3 saturated carbocycles. The van der Waals surface area contributed by atoms with Gasteiger partial charge in [0.15, 0.2) is 17.0 Å². The van der Waals surface area contributed by atoms with Gasteiger partial charge in [-0.15, -0.1) is 0 Å². The number of fused-ring (bicyclic) bond motifs is 7. The van der Waals surface area contributed by atoms with Crippen molar-refractivity contribution in [1.29, 1.82) is 0 Å². The molecule has 40 heavy (non-hydrogen) atoms. The van der Waals surface area contributed by atoms with Crippen molar-refractivity contribution in [3.05, 3.63) is 23.3 Å². The molecular weight excluding hydrogens is 520 g/mol. The zero-order chi connectivity index (χ0) is 30.0. The molecule has 0 radical (unpaired) electrons. The molecule has 0 aromatic heterocycles. The lowest BCUT2D eigenvalue weighted by Crippen LogP contribution is -2.69. The van der Waals surface area contributed by atoms with E-state index < -0.39 is 100 Å². The van der Waals surface area contributed by atoms with Crippen molar-refractivity contribution < 1.29 is 49.0 Å². The van der Waals surface area contributed by atoms with Crippen LogP contribution in [0.3, 0.4) is 0 Å². The van der Waals surface area contributed by atoms with Crippen LogP contribution in [0.15, 0.2) is 23.3 Å². The van der Waals surface area contributed by atoms with Crippen LogP contribution >= 0.6 is 0 Å². The molecule has 10 heteroatoms. The van der Waals surface area contributed by atoms with E-state index in [4.69, 9.17) is 14.2 Å². The number of carbonyl (C=O) groups excluding carboxylic acids is 3. The average molecular weight is 563 g/mol. The van der Waals surface area contributed by atoms with Gasteiger partial charge in [0, 0.05) is 34.7 Å². The molecule has 1 aliphatic heterocycles. The number of ether oxygens (including phenoxy) is 3. The monoisotopic (exact) mass is 562 g/mol. The lowest BCUT2D eigenvalue weighted by molar-refractivity contribution is -0.245. The second kappa shape index (κ2) is 8.70. The first-order chi connectivity index (χ1) is 18.5. The van der Waals surface area contributed by atoms with Crippen LogP contribution in [0.4, 0.5) is 0 Å². The molecule has 0 amide bonds. The van der Waals surface area contributed by atoms with Crippen LogP contribution < -0.4 is 0 Å². The lowest BCUT2D eigenvalue weighted by Gasteiger charge is -2.53. The Morgan fingerprint density at radius 3 is 2.42 bits per heavy atom. The fourth-order valence-electron chi connectivity index (χ4n) is 8.43. The summed E-state index contributed by atoms with van der Waals surface area (Å²) in [5.74, 6) is -6.16. The standard InChI is InChI=1S/C30H42O10/c1-9-13(3)23(33)38-21-16(6)28(36)17-11-15(5)20(32)29(17,37)25(35)27(12-31)22(39-27)18(28)19-26(7,8)30(19,21)40-24(34)14(4)10-2/h9,11,14,16-19,21-22,25,31,35-37H,10,12H2,1-8H3/t14?,16-,17?,18?,19?,21-,22+,25-,27+,28+,29-,30-/m1/s1. The molecule has 10 nitrogen and oxygen atoms in total. The summed E-state index contributed by atoms with van der Waals surface area (Å²) in [5.41, 5.74) is -7.88. The third kappa shape index (κ3) is 3.14. The van der Waals surface area contributed by atoms with Gasteiger partial charge in [-0.3, -0.25) is 9.59 Å². The van der Waals surface area contributed by atoms with Crippen molar-refractivity contribution in [2.75, 3.05) is 6.61 Å². The Morgan fingerprint density at radius 1 is 1.25 bits per heavy atom. The van der Waals surface area contributed by atoms with E-state index in [2.05, 4.69) is 0 Å². The smallest absolute Gasteiger partial charge is 0.333 e. The highest BCUT2D eigenvalue weighted by Crippen LogP contribution is 2.80. The quantitative estimate of drug-likeness (QED) is 0.210. The molecule has 4 aliphatic carbocycles. The molecular formula is C30H42O10. The van der Waals surface area contributed by atoms with Crippen LogP contribution in [0, 0.1) is 35.0 Å². The van der Waals surface area contributed by atoms with E-state index in [1.54, 1.807) is 33.8 Å². The first-order valence-electron chi connectivity index (χ1n) is 14.2. The van der Waals surface area contributed by atoms with Gasteiger partial charge in [-0.1, -0.05) is 46.8 Å². The van der Waals surface area contributed by atoms with E-state index in [-0.39, 0.29) is 5.57 Å². The van der Waals surface area contributed by atoms with Gasteiger partial charge in [-0.25, -0.2) is 4.79 Å². The maximum Gasteiger partial charge on any atom is 0.333 e. The summed E-state index contributed by atoms with van der Waals surface area (Å²) < 4.78 is 18.4. The number of hydrogen-bond acceptors (Lipinski definition) is 10. The predicted molar refractivity (Wildman–Crippen MR) is 140 cm³/mol. The van der Waals surface area contributed by atoms with Gasteiger partial charge in [0.05, 0.1) is 24.2 Å². The third-order valence-electron chi connectivity index (χ3n) is 11.3. The molecule has 4 N–H and O–H groups in total. The Labute approximate surface area is 234 Å². The summed E-state index contributed by atoms with van der Waals surface area (Å²) in [4.78, 5) is 39.9. The fraction of sp³-hybridized carbons (Fsp3) is 0.767. The third-order valence-corrected chi connectivity index (χ3v) is 11.3. The molecule has 0 aromatic carbocycles. The Morgan fingerprint density at radius 2 is 1.88 bits per heavy atom. The first-order valence-corrected chi connectivity index (χ1v) is 14.2. The number of Topliss-reactive ketones (excluding diaryl/α,β-unsaturated/α-hetero) is 1. The van der Waals surface area contributed by atoms with Crippen LogP contribution in [-0.4, -0.2) is 85.5 Å². The number of carbonyl (C=O) groups is 3. The number of hydrogen-bond donors (Lipinski definition) is 4. The van der Waals surface area contributed by atoms with E-state index in [1.165, 1.54) is 13.0 Å². The number of epoxide rings is 1. The van der Waals surface area contributed by atoms with Crippen LogP contribution in [0.1, 0.15) is 61.8 Å². The normalized spacial score (nSPS) is 48.9. The van der Waals surface area contributed by atoms with E-state index in [0.717, 1.165) is 0 Å². The zero-order valence-electron chi connectivity index (χ0n) is 24.4. The number of allylic oxidation sites excluding steroid dienone is 1. The van der Waals surface area contributed by atoms with Crippen molar-refractivity contribution in [1.82, 2.24) is 0 Å². The fourth-order valence-corrected chi connectivity index (χ4v) is 8.43. The molecule has 1 saturated heterocycles. The SMILES string of the molecule is CC=C(C)C(=O)O[C@@H]1[C@@H](C)[C@@]2(O)C(C3C(C)(C)[C@@]31OC(=O)C(C)CC)[C@@H]1O[C@]1(CO)[C@@H](O)[C@]1(O)C(=O)C(C)=CC21. The highest BCUT2D eigenvalue weighted by Gasteiger charge is 2.93. The molecule has 5 aliphatic rings. The van der Waals surface area contributed by atoms with Crippen molar-refractivity contribution in [2.24, 2.45) is 35.0 Å². The molecule has 0 bridgehead atoms. The van der Waals surface area contributed by atoms with Crippen LogP contribution in [0.25, 0.3) is 0 Å². The molecule has 4 unspecified atom stereocenters. The number of rotatable bonds is 6. The average Bonchev–Trinajstić information content (AvgIpc) is 3.75. The molecule has 5 rings (SSSR count). The summed E-state index contributed by atoms with van der Waals surface area (Å²) in [6.07, 6.45) is -0.370. The Kier molecular flexibility index (Phi) is 6.39. The second-order valence-electron chi connectivity index (χ2n) is 13.3. The van der Waals surface area contributed by atoms with Crippen molar-refractivity contribution >= 4 is 17.7 Å². The minimum absolute atomic E-state index is 0.159. The molecule has 222 valence electrons. The lowest BCUT2D eigenvalue weighted by atomic mass is 9.58. The largest absolute Gasteiger partial charge is 0.454 e. The zero-order valence-corrected chi connectivity index (χ0v) is 24.4. The van der Waals surface area contributed by atoms with Crippen molar-refractivity contribution in [2.45, 2.75) is 103 Å². The van der Waals surface area contributed by atoms with Crippen LogP contribution in [-0.2, 0) is 28.6 Å². The number of aliphatic hydroxyl groups is 4. The second-order valence-corrected chi connectivity index (χ2v) is 13.3. The molecule has 0 spiro atoms. The van der Waals surface area contributed by atoms with Gasteiger partial charge in [0.2, 0.25) is 0 Å². The molecule has 12 atom stereocenters. The number of aliphatic hydroxyl groups excluding tert-OH is 2. The Bertz CT molecular complexity index is 1220. The van der Waals surface area contributed by atoms with E-state index >= 15 is 0 Å². The minimum atomic E-state index is -2.49. The number of ketones is 1. The minimum Gasteiger partial charge on any atom is -0.454 e. The summed E-state index contributed by atoms with van der Waals surface area (Å²) in [6.45, 7) is 13.1. The molecule has 1 heterocycles. The van der Waals surface area contributed by atoms with Gasteiger partial charge in [0.25, 0.3) is 0 Å². The number of esters is 2. The van der Waals surface area contributed by atoms with Crippen LogP contribution in [0.2, 0.25) is 0 Å². The topological polar surface area (TPSA) is 163 Å². The van der Waals surface area contributed by atoms with Gasteiger partial charge in [-0.05, 0) is 32.8 Å². The summed E-state index contributed by atoms with van der Waals surface area (Å²) >= 11 is 0. The van der Waals surface area contributed by atoms with Gasteiger partial charge >= 0.3 is 11.9 Å². The predicted octanol–water partition coefficient (Wildman–Crippen LogP) is 1.23. The van der Waals surface area contributed by atoms with Gasteiger partial charge < -0.3 is 34.6 Å². The summed E-state index contributed by atoms with van der Waals surface area (Å²) in [7, 11) is 0. The van der Waals surface area contributed by atoms with E-state index in [9.17, 15) is 34.8 Å². The molecule has 4 fully saturated rings. The first kappa shape index (κ1) is 29.4.